The lowest BCUT2D eigenvalue weighted by Crippen LogP contribution is -2.29. The molecule has 2 heterocycles. The average molecular weight is 350 g/mol. The highest BCUT2D eigenvalue weighted by Gasteiger charge is 2.12. The molecule has 1 aliphatic heterocycles. The van der Waals surface area contributed by atoms with Crippen molar-refractivity contribution in [3.8, 4) is 6.07 Å². The Morgan fingerprint density at radius 2 is 2.00 bits per heavy atom. The summed E-state index contributed by atoms with van der Waals surface area (Å²) in [5.74, 6) is -1.31. The third kappa shape index (κ3) is 3.83. The van der Waals surface area contributed by atoms with Crippen LogP contribution in [0.25, 0.3) is 17.0 Å². The molecule has 26 heavy (non-hydrogen) atoms. The highest BCUT2D eigenvalue weighted by molar-refractivity contribution is 5.91. The number of carboxylic acids is 1. The third-order valence-corrected chi connectivity index (χ3v) is 4.36. The van der Waals surface area contributed by atoms with Gasteiger partial charge in [0.2, 0.25) is 0 Å². The summed E-state index contributed by atoms with van der Waals surface area (Å²) in [5, 5.41) is 18.3. The van der Waals surface area contributed by atoms with Crippen LogP contribution in [0.15, 0.2) is 51.2 Å². The number of anilines is 1. The van der Waals surface area contributed by atoms with Crippen LogP contribution in [0.2, 0.25) is 0 Å². The van der Waals surface area contributed by atoms with Crippen LogP contribution < -0.4 is 10.5 Å². The van der Waals surface area contributed by atoms with Crippen molar-refractivity contribution in [2.24, 2.45) is 0 Å². The largest absolute Gasteiger partial charge is 0.477 e. The van der Waals surface area contributed by atoms with Gasteiger partial charge in [-0.2, -0.15) is 5.26 Å². The maximum absolute atomic E-state index is 12.2. The zero-order chi connectivity index (χ0) is 18.5. The second kappa shape index (κ2) is 7.70. The lowest BCUT2D eigenvalue weighted by Gasteiger charge is -2.28. The van der Waals surface area contributed by atoms with Crippen molar-refractivity contribution >= 4 is 28.7 Å². The zero-order valence-corrected chi connectivity index (χ0v) is 14.1. The molecule has 0 saturated carbocycles. The molecule has 1 aromatic heterocycles. The normalized spacial score (nSPS) is 15.3. The van der Waals surface area contributed by atoms with Crippen LogP contribution in [-0.4, -0.2) is 24.2 Å². The smallest absolute Gasteiger partial charge is 0.346 e. The van der Waals surface area contributed by atoms with Crippen LogP contribution in [0.4, 0.5) is 5.69 Å². The monoisotopic (exact) mass is 350 g/mol. The van der Waals surface area contributed by atoms with Crippen LogP contribution in [0, 0.1) is 11.3 Å². The number of hydrogen-bond donors (Lipinski definition) is 1. The molecule has 0 bridgehead atoms. The molecule has 132 valence electrons. The molecule has 0 spiro atoms. The second-order valence-corrected chi connectivity index (χ2v) is 6.12. The average Bonchev–Trinajstić information content (AvgIpc) is 2.65. The minimum atomic E-state index is -1.31. The van der Waals surface area contributed by atoms with Gasteiger partial charge in [0.1, 0.15) is 17.2 Å². The Morgan fingerprint density at radius 1 is 1.23 bits per heavy atom. The summed E-state index contributed by atoms with van der Waals surface area (Å²) in [6.07, 6.45) is 7.52. The molecule has 1 aliphatic rings. The van der Waals surface area contributed by atoms with Crippen molar-refractivity contribution < 1.29 is 14.3 Å². The Hall–Kier alpha value is -3.33. The van der Waals surface area contributed by atoms with Gasteiger partial charge in [0.05, 0.1) is 5.56 Å². The molecular formula is C20H18N2O4. The van der Waals surface area contributed by atoms with Gasteiger partial charge >= 0.3 is 11.6 Å². The molecule has 1 N–H and O–H groups in total. The van der Waals surface area contributed by atoms with E-state index in [0.717, 1.165) is 30.2 Å². The predicted octanol–water partition coefficient (Wildman–Crippen LogP) is 3.33. The Labute approximate surface area is 150 Å². The van der Waals surface area contributed by atoms with Gasteiger partial charge in [-0.15, -0.1) is 0 Å². The van der Waals surface area contributed by atoms with E-state index in [1.165, 1.54) is 31.4 Å². The zero-order valence-electron chi connectivity index (χ0n) is 14.1. The SMILES string of the molecule is N#CC(=CC=Cc1cc2ccc(N3CCCCC3)cc2oc1=O)C(=O)O. The van der Waals surface area contributed by atoms with E-state index in [1.54, 1.807) is 12.1 Å². The Balaban J connectivity index is 1.90. The maximum Gasteiger partial charge on any atom is 0.346 e. The first-order chi connectivity index (χ1) is 12.6. The summed E-state index contributed by atoms with van der Waals surface area (Å²) in [7, 11) is 0. The Kier molecular flexibility index (Phi) is 5.18. The number of piperidine rings is 1. The lowest BCUT2D eigenvalue weighted by molar-refractivity contribution is -0.132. The predicted molar refractivity (Wildman–Crippen MR) is 98.9 cm³/mol. The minimum Gasteiger partial charge on any atom is -0.477 e. The van der Waals surface area contributed by atoms with E-state index in [1.807, 2.05) is 18.2 Å². The minimum absolute atomic E-state index is 0.294. The third-order valence-electron chi connectivity index (χ3n) is 4.36. The van der Waals surface area contributed by atoms with E-state index in [-0.39, 0.29) is 0 Å². The molecule has 1 aromatic carbocycles. The Morgan fingerprint density at radius 3 is 2.69 bits per heavy atom. The van der Waals surface area contributed by atoms with Gasteiger partial charge in [0.25, 0.3) is 0 Å². The summed E-state index contributed by atoms with van der Waals surface area (Å²) >= 11 is 0. The Bertz CT molecular complexity index is 989. The highest BCUT2D eigenvalue weighted by atomic mass is 16.4. The van der Waals surface area contributed by atoms with Crippen molar-refractivity contribution in [3.63, 3.8) is 0 Å². The quantitative estimate of drug-likeness (QED) is 0.393. The van der Waals surface area contributed by atoms with Crippen molar-refractivity contribution in [1.82, 2.24) is 0 Å². The fourth-order valence-electron chi connectivity index (χ4n) is 2.99. The standard InChI is InChI=1S/C20H18N2O4/c21-13-16(19(23)24)6-4-5-15-11-14-7-8-17(12-18(14)26-20(15)25)22-9-2-1-3-10-22/h4-8,11-12H,1-3,9-10H2,(H,23,24). The molecule has 0 amide bonds. The number of carboxylic acid groups (broad SMARTS) is 1. The number of benzene rings is 1. The molecule has 6 nitrogen and oxygen atoms in total. The van der Waals surface area contributed by atoms with Gasteiger partial charge in [-0.05, 0) is 49.6 Å². The number of carbonyl (C=O) groups is 1. The van der Waals surface area contributed by atoms with Crippen LogP contribution in [0.5, 0.6) is 0 Å². The number of fused-ring (bicyclic) bond motifs is 1. The highest BCUT2D eigenvalue weighted by Crippen LogP contribution is 2.24. The molecule has 0 radical (unpaired) electrons. The van der Waals surface area contributed by atoms with Crippen molar-refractivity contribution in [2.45, 2.75) is 19.3 Å². The number of aliphatic carboxylic acids is 1. The first kappa shape index (κ1) is 17.5. The van der Waals surface area contributed by atoms with Gasteiger partial charge in [-0.3, -0.25) is 0 Å². The molecular weight excluding hydrogens is 332 g/mol. The van der Waals surface area contributed by atoms with E-state index in [9.17, 15) is 9.59 Å². The van der Waals surface area contributed by atoms with Crippen molar-refractivity contribution in [1.29, 1.82) is 5.26 Å². The fourth-order valence-corrected chi connectivity index (χ4v) is 2.99. The topological polar surface area (TPSA) is 94.5 Å². The molecule has 3 rings (SSSR count). The summed E-state index contributed by atoms with van der Waals surface area (Å²) < 4.78 is 5.42. The number of hydrogen-bond acceptors (Lipinski definition) is 5. The molecule has 1 saturated heterocycles. The van der Waals surface area contributed by atoms with E-state index >= 15 is 0 Å². The first-order valence-corrected chi connectivity index (χ1v) is 8.43. The van der Waals surface area contributed by atoms with Gasteiger partial charge in [-0.1, -0.05) is 6.08 Å². The van der Waals surface area contributed by atoms with Crippen LogP contribution >= 0.6 is 0 Å². The van der Waals surface area contributed by atoms with E-state index in [2.05, 4.69) is 4.90 Å². The van der Waals surface area contributed by atoms with Crippen LogP contribution in [0.1, 0.15) is 24.8 Å². The molecule has 1 fully saturated rings. The van der Waals surface area contributed by atoms with Crippen LogP contribution in [-0.2, 0) is 4.79 Å². The summed E-state index contributed by atoms with van der Waals surface area (Å²) in [5.41, 5.74) is 0.951. The second-order valence-electron chi connectivity index (χ2n) is 6.12. The van der Waals surface area contributed by atoms with Gasteiger partial charge < -0.3 is 14.4 Å². The van der Waals surface area contributed by atoms with Crippen molar-refractivity contribution in [3.05, 3.63) is 58.0 Å². The molecule has 6 heteroatoms. The summed E-state index contributed by atoms with van der Waals surface area (Å²) in [6, 6.07) is 9.07. The van der Waals surface area contributed by atoms with Crippen LogP contribution in [0.3, 0.4) is 0 Å². The van der Waals surface area contributed by atoms with E-state index < -0.39 is 17.2 Å². The molecule has 2 aromatic rings. The van der Waals surface area contributed by atoms with E-state index in [4.69, 9.17) is 14.8 Å². The van der Waals surface area contributed by atoms with Gasteiger partial charge in [0.15, 0.2) is 0 Å². The van der Waals surface area contributed by atoms with Crippen molar-refractivity contribution in [2.75, 3.05) is 18.0 Å². The number of rotatable bonds is 4. The van der Waals surface area contributed by atoms with Gasteiger partial charge in [0, 0.05) is 30.2 Å². The summed E-state index contributed by atoms with van der Waals surface area (Å²) in [6.45, 7) is 2.02. The fraction of sp³-hybridized carbons (Fsp3) is 0.250. The summed E-state index contributed by atoms with van der Waals surface area (Å²) in [4.78, 5) is 25.2. The number of allylic oxidation sites excluding steroid dienone is 2. The number of nitriles is 1. The van der Waals surface area contributed by atoms with E-state index in [0.29, 0.717) is 11.1 Å². The molecule has 0 atom stereocenters. The maximum atomic E-state index is 12.2. The first-order valence-electron chi connectivity index (χ1n) is 8.43. The molecule has 0 aliphatic carbocycles. The number of nitrogens with zero attached hydrogens (tertiary/aromatic N) is 2. The molecule has 0 unspecified atom stereocenters. The van der Waals surface area contributed by atoms with Gasteiger partial charge in [-0.25, -0.2) is 9.59 Å². The lowest BCUT2D eigenvalue weighted by atomic mass is 10.1.